The summed E-state index contributed by atoms with van der Waals surface area (Å²) in [5.74, 6) is 1.48. The highest BCUT2D eigenvalue weighted by atomic mass is 32.2. The fourth-order valence-electron chi connectivity index (χ4n) is 6.12. The Bertz CT molecular complexity index is 1150. The third-order valence-electron chi connectivity index (χ3n) is 7.81. The zero-order valence-electron chi connectivity index (χ0n) is 17.9. The zero-order chi connectivity index (χ0) is 21.0. The van der Waals surface area contributed by atoms with E-state index in [4.69, 9.17) is 4.98 Å². The van der Waals surface area contributed by atoms with Crippen molar-refractivity contribution in [3.05, 3.63) is 77.8 Å². The van der Waals surface area contributed by atoms with Gasteiger partial charge in [0.1, 0.15) is 0 Å². The minimum absolute atomic E-state index is 0.0263. The van der Waals surface area contributed by atoms with Gasteiger partial charge in [0.25, 0.3) is 0 Å². The Morgan fingerprint density at radius 1 is 1.13 bits per heavy atom. The quantitative estimate of drug-likeness (QED) is 0.556. The van der Waals surface area contributed by atoms with Crippen LogP contribution in [-0.2, 0) is 6.54 Å². The number of imidazole rings is 1. The smallest absolute Gasteiger partial charge is 0.0958 e. The summed E-state index contributed by atoms with van der Waals surface area (Å²) in [6.07, 6.45) is 7.43. The maximum Gasteiger partial charge on any atom is 0.0958 e. The molecule has 3 heterocycles. The van der Waals surface area contributed by atoms with E-state index >= 15 is 0 Å². The van der Waals surface area contributed by atoms with Crippen LogP contribution in [0.4, 0.5) is 0 Å². The van der Waals surface area contributed by atoms with Gasteiger partial charge in [0.2, 0.25) is 0 Å². The molecule has 6 rings (SSSR count). The number of aliphatic hydroxyl groups excluding tert-OH is 1. The molecule has 0 amide bonds. The predicted octanol–water partition coefficient (Wildman–Crippen LogP) is 6.00. The summed E-state index contributed by atoms with van der Waals surface area (Å²) in [7, 11) is 0. The second-order valence-electron chi connectivity index (χ2n) is 9.50. The summed E-state index contributed by atoms with van der Waals surface area (Å²) in [4.78, 5) is 6.13. The number of aliphatic hydroxyl groups is 1. The zero-order valence-corrected chi connectivity index (χ0v) is 18.7. The molecule has 31 heavy (non-hydrogen) atoms. The van der Waals surface area contributed by atoms with Gasteiger partial charge in [-0.05, 0) is 42.9 Å². The summed E-state index contributed by atoms with van der Waals surface area (Å²) in [5, 5.41) is 11.7. The van der Waals surface area contributed by atoms with Gasteiger partial charge in [-0.1, -0.05) is 61.0 Å². The van der Waals surface area contributed by atoms with Crippen LogP contribution in [-0.4, -0.2) is 26.5 Å². The largest absolute Gasteiger partial charge is 0.392 e. The average Bonchev–Trinajstić information content (AvgIpc) is 3.41. The maximum atomic E-state index is 11.7. The first-order valence-electron chi connectivity index (χ1n) is 11.4. The fraction of sp³-hybridized carbons (Fsp3) is 0.370. The Morgan fingerprint density at radius 3 is 2.81 bits per heavy atom. The van der Waals surface area contributed by atoms with Crippen molar-refractivity contribution < 1.29 is 5.11 Å². The summed E-state index contributed by atoms with van der Waals surface area (Å²) in [6.45, 7) is 3.28. The van der Waals surface area contributed by atoms with Crippen molar-refractivity contribution in [1.29, 1.82) is 0 Å². The molecule has 158 valence electrons. The lowest BCUT2D eigenvalue weighted by molar-refractivity contribution is 0.00157. The van der Waals surface area contributed by atoms with E-state index in [-0.39, 0.29) is 23.4 Å². The molecule has 0 saturated heterocycles. The third-order valence-corrected chi connectivity index (χ3v) is 9.02. The number of hydrogen-bond donors (Lipinski definition) is 1. The monoisotopic (exact) mass is 428 g/mol. The Labute approximate surface area is 188 Å². The number of nitrogens with zero attached hydrogens (tertiary/aromatic N) is 2. The van der Waals surface area contributed by atoms with Crippen molar-refractivity contribution in [2.75, 3.05) is 5.75 Å². The van der Waals surface area contributed by atoms with E-state index in [1.807, 2.05) is 24.2 Å². The fourth-order valence-corrected chi connectivity index (χ4v) is 7.41. The Hall–Kier alpha value is -2.30. The van der Waals surface area contributed by atoms with Gasteiger partial charge in [0, 0.05) is 34.1 Å². The van der Waals surface area contributed by atoms with Crippen LogP contribution in [0.25, 0.3) is 17.3 Å². The number of hydrogen-bond acceptors (Lipinski definition) is 3. The molecule has 2 aliphatic heterocycles. The Balaban J connectivity index is 1.36. The van der Waals surface area contributed by atoms with Gasteiger partial charge in [-0.2, -0.15) is 0 Å². The average molecular weight is 429 g/mol. The van der Waals surface area contributed by atoms with E-state index in [0.717, 1.165) is 37.3 Å². The number of allylic oxidation sites excluding steroid dienone is 1. The lowest BCUT2D eigenvalue weighted by Crippen LogP contribution is -2.46. The van der Waals surface area contributed by atoms with Crippen molar-refractivity contribution in [3.8, 4) is 11.3 Å². The second-order valence-corrected chi connectivity index (χ2v) is 10.6. The number of thioether (sulfide) groups is 1. The molecule has 1 aliphatic carbocycles. The van der Waals surface area contributed by atoms with Crippen LogP contribution < -0.4 is 0 Å². The molecule has 1 fully saturated rings. The minimum Gasteiger partial charge on any atom is -0.392 e. The molecule has 0 spiro atoms. The third kappa shape index (κ3) is 3.03. The number of benzene rings is 2. The van der Waals surface area contributed by atoms with Gasteiger partial charge >= 0.3 is 0 Å². The number of aromatic nitrogens is 2. The molecule has 1 N–H and O–H groups in total. The van der Waals surface area contributed by atoms with Gasteiger partial charge < -0.3 is 9.67 Å². The van der Waals surface area contributed by atoms with Crippen LogP contribution in [0.5, 0.6) is 0 Å². The molecule has 4 atom stereocenters. The first kappa shape index (κ1) is 19.4. The molecular formula is C27H28N2OS. The Kier molecular flexibility index (Phi) is 4.62. The van der Waals surface area contributed by atoms with Gasteiger partial charge in [0.15, 0.2) is 0 Å². The Morgan fingerprint density at radius 2 is 1.94 bits per heavy atom. The predicted molar refractivity (Wildman–Crippen MR) is 127 cm³/mol. The van der Waals surface area contributed by atoms with Gasteiger partial charge in [-0.25, -0.2) is 4.98 Å². The highest BCUT2D eigenvalue weighted by Gasteiger charge is 2.48. The number of fused-ring (bicyclic) bond motifs is 3. The molecule has 0 bridgehead atoms. The highest BCUT2D eigenvalue weighted by Crippen LogP contribution is 2.54. The molecule has 3 aromatic rings. The lowest BCUT2D eigenvalue weighted by atomic mass is 9.59. The van der Waals surface area contributed by atoms with Crippen molar-refractivity contribution in [1.82, 2.24) is 9.55 Å². The van der Waals surface area contributed by atoms with E-state index in [9.17, 15) is 5.11 Å². The summed E-state index contributed by atoms with van der Waals surface area (Å²) >= 11 is 1.90. The molecule has 2 aromatic carbocycles. The SMILES string of the molecule is CC12Cn3cnc(-c4ccccc4)c3C=C1CCCC2[C@H](O)C1CSc2ccccc21. The minimum atomic E-state index is -0.316. The van der Waals surface area contributed by atoms with Crippen LogP contribution in [0.2, 0.25) is 0 Å². The van der Waals surface area contributed by atoms with Crippen LogP contribution in [0.3, 0.4) is 0 Å². The molecule has 1 saturated carbocycles. The van der Waals surface area contributed by atoms with E-state index in [1.165, 1.54) is 27.3 Å². The molecule has 1 aromatic heterocycles. The van der Waals surface area contributed by atoms with Gasteiger partial charge in [-0.15, -0.1) is 11.8 Å². The van der Waals surface area contributed by atoms with Crippen LogP contribution >= 0.6 is 11.8 Å². The first-order chi connectivity index (χ1) is 15.1. The van der Waals surface area contributed by atoms with Crippen molar-refractivity contribution >= 4 is 17.8 Å². The van der Waals surface area contributed by atoms with Gasteiger partial charge in [-0.3, -0.25) is 0 Å². The summed E-state index contributed by atoms with van der Waals surface area (Å²) in [6, 6.07) is 19.1. The normalized spacial score (nSPS) is 27.7. The maximum absolute atomic E-state index is 11.7. The van der Waals surface area contributed by atoms with E-state index in [1.54, 1.807) is 0 Å². The molecular weight excluding hydrogens is 400 g/mol. The van der Waals surface area contributed by atoms with Crippen molar-refractivity contribution in [2.45, 2.75) is 49.6 Å². The number of rotatable bonds is 3. The van der Waals surface area contributed by atoms with Crippen LogP contribution in [0, 0.1) is 11.3 Å². The van der Waals surface area contributed by atoms with Crippen molar-refractivity contribution in [2.24, 2.45) is 11.3 Å². The van der Waals surface area contributed by atoms with Gasteiger partial charge in [0.05, 0.1) is 23.8 Å². The standard InChI is InChI=1S/C27H28N2OS/c1-27-16-29-17-28-25(18-8-3-2-4-9-18)23(29)14-19(27)10-7-12-22(27)26(30)21-15-31-24-13-6-5-11-20(21)24/h2-6,8-9,11,13-14,17,21-22,26,30H,7,10,12,15-16H2,1H3/t21?,22?,26-,27?/m1/s1. The van der Waals surface area contributed by atoms with Crippen LogP contribution in [0.1, 0.15) is 43.4 Å². The molecule has 4 heteroatoms. The van der Waals surface area contributed by atoms with Crippen molar-refractivity contribution in [3.63, 3.8) is 0 Å². The van der Waals surface area contributed by atoms with Crippen LogP contribution in [0.15, 0.2) is 71.4 Å². The second kappa shape index (κ2) is 7.39. The van der Waals surface area contributed by atoms with E-state index < -0.39 is 0 Å². The molecule has 3 unspecified atom stereocenters. The summed E-state index contributed by atoms with van der Waals surface area (Å²) in [5.41, 5.74) is 6.26. The highest BCUT2D eigenvalue weighted by molar-refractivity contribution is 7.99. The summed E-state index contributed by atoms with van der Waals surface area (Å²) < 4.78 is 2.31. The molecule has 0 radical (unpaired) electrons. The molecule has 3 nitrogen and oxygen atoms in total. The van der Waals surface area contributed by atoms with E-state index in [2.05, 4.69) is 66.1 Å². The van der Waals surface area contributed by atoms with E-state index in [0.29, 0.717) is 0 Å². The first-order valence-corrected chi connectivity index (χ1v) is 12.3. The lowest BCUT2D eigenvalue weighted by Gasteiger charge is -2.49. The molecule has 3 aliphatic rings. The topological polar surface area (TPSA) is 38.0 Å².